The second kappa shape index (κ2) is 7.83. The number of nitrogens with zero attached hydrogens (tertiary/aromatic N) is 4. The molecule has 1 saturated carbocycles. The van der Waals surface area contributed by atoms with Crippen LogP contribution in [0.4, 0.5) is 4.39 Å². The molecule has 4 rings (SSSR count). The lowest BCUT2D eigenvalue weighted by molar-refractivity contribution is 0.0988. The Morgan fingerprint density at radius 1 is 1.32 bits per heavy atom. The highest BCUT2D eigenvalue weighted by Gasteiger charge is 2.29. The van der Waals surface area contributed by atoms with Crippen molar-refractivity contribution >= 4 is 17.5 Å². The Morgan fingerprint density at radius 3 is 2.86 bits per heavy atom. The third-order valence-electron chi connectivity index (χ3n) is 4.86. The molecule has 7 heteroatoms. The molecule has 1 fully saturated rings. The standard InChI is InChI=1S/C21H21FN4OS/c1-13(28-21-25-23-12-26(21)2)16-5-3-4-14(10-16)11-19(27)18-9-8-17(22)20(24-18)15-6-7-15/h3-5,8-10,12-13,15H,6-7,11H2,1-2H3/t13-/m0/s1. The summed E-state index contributed by atoms with van der Waals surface area (Å²) in [5, 5.41) is 9.03. The zero-order chi connectivity index (χ0) is 19.7. The summed E-state index contributed by atoms with van der Waals surface area (Å²) < 4.78 is 15.8. The lowest BCUT2D eigenvalue weighted by Gasteiger charge is -2.12. The largest absolute Gasteiger partial charge is 0.312 e. The lowest BCUT2D eigenvalue weighted by Crippen LogP contribution is -2.09. The topological polar surface area (TPSA) is 60.7 Å². The van der Waals surface area contributed by atoms with E-state index < -0.39 is 0 Å². The van der Waals surface area contributed by atoms with Gasteiger partial charge >= 0.3 is 0 Å². The van der Waals surface area contributed by atoms with Gasteiger partial charge in [0.1, 0.15) is 17.8 Å². The minimum Gasteiger partial charge on any atom is -0.312 e. The van der Waals surface area contributed by atoms with E-state index >= 15 is 0 Å². The van der Waals surface area contributed by atoms with Crippen LogP contribution in [0.1, 0.15) is 58.2 Å². The van der Waals surface area contributed by atoms with Gasteiger partial charge in [-0.1, -0.05) is 36.0 Å². The monoisotopic (exact) mass is 396 g/mol. The van der Waals surface area contributed by atoms with Crippen LogP contribution in [0, 0.1) is 5.82 Å². The number of carbonyl (C=O) groups is 1. The lowest BCUT2D eigenvalue weighted by atomic mass is 10.0. The van der Waals surface area contributed by atoms with Crippen LogP contribution < -0.4 is 0 Å². The number of Topliss-reactive ketones (excluding diaryl/α,β-unsaturated/α-hetero) is 1. The van der Waals surface area contributed by atoms with Crippen molar-refractivity contribution in [2.24, 2.45) is 7.05 Å². The summed E-state index contributed by atoms with van der Waals surface area (Å²) in [5.74, 6) is -0.224. The fourth-order valence-electron chi connectivity index (χ4n) is 3.09. The van der Waals surface area contributed by atoms with Gasteiger partial charge in [0.15, 0.2) is 10.9 Å². The second-order valence-corrected chi connectivity index (χ2v) is 8.48. The number of carbonyl (C=O) groups excluding carboxylic acids is 1. The van der Waals surface area contributed by atoms with Crippen molar-refractivity contribution in [3.05, 3.63) is 71.1 Å². The van der Waals surface area contributed by atoms with E-state index in [-0.39, 0.29) is 29.2 Å². The van der Waals surface area contributed by atoms with E-state index in [1.165, 1.54) is 12.1 Å². The van der Waals surface area contributed by atoms with Crippen molar-refractivity contribution in [2.75, 3.05) is 0 Å². The maximum absolute atomic E-state index is 13.9. The zero-order valence-corrected chi connectivity index (χ0v) is 16.6. The van der Waals surface area contributed by atoms with Crippen LogP contribution >= 0.6 is 11.8 Å². The fourth-order valence-corrected chi connectivity index (χ4v) is 4.00. The van der Waals surface area contributed by atoms with E-state index in [0.29, 0.717) is 11.4 Å². The molecule has 5 nitrogen and oxygen atoms in total. The summed E-state index contributed by atoms with van der Waals surface area (Å²) in [6.07, 6.45) is 3.82. The first-order valence-electron chi connectivity index (χ1n) is 9.30. The molecule has 28 heavy (non-hydrogen) atoms. The number of pyridine rings is 1. The van der Waals surface area contributed by atoms with Crippen molar-refractivity contribution in [3.63, 3.8) is 0 Å². The highest BCUT2D eigenvalue weighted by molar-refractivity contribution is 7.99. The molecule has 0 N–H and O–H groups in total. The maximum Gasteiger partial charge on any atom is 0.191 e. The van der Waals surface area contributed by atoms with E-state index in [1.807, 2.05) is 35.9 Å². The number of aromatic nitrogens is 4. The molecule has 1 aromatic carbocycles. The van der Waals surface area contributed by atoms with Crippen LogP contribution in [0.15, 0.2) is 47.9 Å². The summed E-state index contributed by atoms with van der Waals surface area (Å²) >= 11 is 1.62. The van der Waals surface area contributed by atoms with E-state index in [4.69, 9.17) is 0 Å². The number of halogens is 1. The van der Waals surface area contributed by atoms with Gasteiger partial charge in [-0.15, -0.1) is 10.2 Å². The summed E-state index contributed by atoms with van der Waals surface area (Å²) in [6.45, 7) is 2.10. The van der Waals surface area contributed by atoms with Gasteiger partial charge in [-0.05, 0) is 43.0 Å². The molecule has 0 bridgehead atoms. The highest BCUT2D eigenvalue weighted by atomic mass is 32.2. The van der Waals surface area contributed by atoms with E-state index in [0.717, 1.165) is 29.1 Å². The number of thioether (sulfide) groups is 1. The van der Waals surface area contributed by atoms with Gasteiger partial charge in [0.25, 0.3) is 0 Å². The molecular weight excluding hydrogens is 375 g/mol. The number of aryl methyl sites for hydroxylation is 1. The Balaban J connectivity index is 1.48. The quantitative estimate of drug-likeness (QED) is 0.434. The molecule has 0 amide bonds. The Hall–Kier alpha value is -2.54. The van der Waals surface area contributed by atoms with Crippen LogP contribution in [0.25, 0.3) is 0 Å². The van der Waals surface area contributed by atoms with Gasteiger partial charge in [0.05, 0.1) is 5.69 Å². The van der Waals surface area contributed by atoms with Gasteiger partial charge in [0.2, 0.25) is 0 Å². The molecule has 1 aliphatic carbocycles. The Bertz CT molecular complexity index is 1020. The number of ketones is 1. The minimum atomic E-state index is -0.310. The predicted octanol–water partition coefficient (Wildman–Crippen LogP) is 4.51. The molecule has 1 aliphatic rings. The van der Waals surface area contributed by atoms with Crippen LogP contribution in [0.2, 0.25) is 0 Å². The number of hydrogen-bond acceptors (Lipinski definition) is 5. The van der Waals surface area contributed by atoms with Gasteiger partial charge in [0, 0.05) is 24.6 Å². The first-order valence-corrected chi connectivity index (χ1v) is 10.2. The number of benzene rings is 1. The van der Waals surface area contributed by atoms with Crippen molar-refractivity contribution < 1.29 is 9.18 Å². The highest BCUT2D eigenvalue weighted by Crippen LogP contribution is 2.40. The summed E-state index contributed by atoms with van der Waals surface area (Å²) in [7, 11) is 1.91. The molecular formula is C21H21FN4OS. The second-order valence-electron chi connectivity index (χ2n) is 7.17. The van der Waals surface area contributed by atoms with E-state index in [2.05, 4.69) is 22.1 Å². The average molecular weight is 396 g/mol. The van der Waals surface area contributed by atoms with Crippen molar-refractivity contribution in [3.8, 4) is 0 Å². The number of rotatable bonds is 7. The smallest absolute Gasteiger partial charge is 0.191 e. The maximum atomic E-state index is 13.9. The molecule has 0 aliphatic heterocycles. The Labute approximate surface area is 167 Å². The Kier molecular flexibility index (Phi) is 5.26. The molecule has 144 valence electrons. The predicted molar refractivity (Wildman–Crippen MR) is 106 cm³/mol. The zero-order valence-electron chi connectivity index (χ0n) is 15.8. The van der Waals surface area contributed by atoms with Gasteiger partial charge < -0.3 is 4.57 Å². The molecule has 0 radical (unpaired) electrons. The van der Waals surface area contributed by atoms with Gasteiger partial charge in [-0.3, -0.25) is 4.79 Å². The molecule has 3 aromatic rings. The molecule has 0 saturated heterocycles. The van der Waals surface area contributed by atoms with Crippen molar-refractivity contribution in [2.45, 2.75) is 42.5 Å². The van der Waals surface area contributed by atoms with Crippen LogP contribution in [0.5, 0.6) is 0 Å². The minimum absolute atomic E-state index is 0.0901. The average Bonchev–Trinajstić information content (AvgIpc) is 3.45. The van der Waals surface area contributed by atoms with Crippen LogP contribution in [0.3, 0.4) is 0 Å². The SMILES string of the molecule is C[C@H](Sc1nncn1C)c1cccc(CC(=O)c2ccc(F)c(C3CC3)n2)c1. The summed E-state index contributed by atoms with van der Waals surface area (Å²) in [5.41, 5.74) is 2.82. The van der Waals surface area contributed by atoms with Gasteiger partial charge in [-0.2, -0.15) is 0 Å². The first-order chi connectivity index (χ1) is 13.5. The summed E-state index contributed by atoms with van der Waals surface area (Å²) in [6, 6.07) is 10.8. The molecule has 0 spiro atoms. The summed E-state index contributed by atoms with van der Waals surface area (Å²) in [4.78, 5) is 17.0. The van der Waals surface area contributed by atoms with Crippen LogP contribution in [-0.4, -0.2) is 25.5 Å². The molecule has 0 unspecified atom stereocenters. The molecule has 1 atom stereocenters. The molecule has 2 aromatic heterocycles. The Morgan fingerprint density at radius 2 is 2.14 bits per heavy atom. The van der Waals surface area contributed by atoms with Crippen molar-refractivity contribution in [1.29, 1.82) is 0 Å². The van der Waals surface area contributed by atoms with Crippen molar-refractivity contribution in [1.82, 2.24) is 19.7 Å². The fraction of sp³-hybridized carbons (Fsp3) is 0.333. The normalized spacial score (nSPS) is 14.8. The molecule has 2 heterocycles. The van der Waals surface area contributed by atoms with Crippen LogP contribution in [-0.2, 0) is 13.5 Å². The van der Waals surface area contributed by atoms with E-state index in [9.17, 15) is 9.18 Å². The third kappa shape index (κ3) is 4.14. The first kappa shape index (κ1) is 18.8. The number of hydrogen-bond donors (Lipinski definition) is 0. The van der Waals surface area contributed by atoms with E-state index in [1.54, 1.807) is 18.1 Å². The van der Waals surface area contributed by atoms with Gasteiger partial charge in [-0.25, -0.2) is 9.37 Å². The third-order valence-corrected chi connectivity index (χ3v) is 6.07.